The Kier molecular flexibility index (Phi) is 5.09. The van der Waals surface area contributed by atoms with E-state index in [1.165, 1.54) is 35.2 Å². The van der Waals surface area contributed by atoms with Gasteiger partial charge in [-0.2, -0.15) is 0 Å². The monoisotopic (exact) mass is 347 g/mol. The molecule has 0 spiro atoms. The Labute approximate surface area is 141 Å². The lowest BCUT2D eigenvalue weighted by molar-refractivity contribution is 0.415. The number of hydrogen-bond acceptors (Lipinski definition) is 6. The van der Waals surface area contributed by atoms with Crippen LogP contribution in [0.1, 0.15) is 5.56 Å². The van der Waals surface area contributed by atoms with E-state index >= 15 is 0 Å². The van der Waals surface area contributed by atoms with Crippen LogP contribution < -0.4 is 10.1 Å². The highest BCUT2D eigenvalue weighted by atomic mass is 32.2. The Bertz CT molecular complexity index is 777. The fourth-order valence-corrected chi connectivity index (χ4v) is 3.60. The van der Waals surface area contributed by atoms with Gasteiger partial charge in [-0.05, 0) is 42.0 Å². The van der Waals surface area contributed by atoms with Gasteiger partial charge in [0.15, 0.2) is 4.34 Å². The summed E-state index contributed by atoms with van der Waals surface area (Å²) in [6.45, 7) is 0. The van der Waals surface area contributed by atoms with Crippen LogP contribution in [-0.4, -0.2) is 17.3 Å². The van der Waals surface area contributed by atoms with Gasteiger partial charge in [-0.15, -0.1) is 10.2 Å². The zero-order chi connectivity index (χ0) is 16.1. The number of ether oxygens (including phenoxy) is 1. The first-order chi connectivity index (χ1) is 11.2. The van der Waals surface area contributed by atoms with Crippen LogP contribution in [0.5, 0.6) is 5.75 Å². The maximum Gasteiger partial charge on any atom is 0.210 e. The number of thioether (sulfide) groups is 1. The lowest BCUT2D eigenvalue weighted by Crippen LogP contribution is -1.89. The van der Waals surface area contributed by atoms with E-state index in [1.807, 2.05) is 30.3 Å². The van der Waals surface area contributed by atoms with Crippen molar-refractivity contribution < 1.29 is 9.13 Å². The minimum Gasteiger partial charge on any atom is -0.497 e. The summed E-state index contributed by atoms with van der Waals surface area (Å²) >= 11 is 3.00. The number of aromatic nitrogens is 2. The summed E-state index contributed by atoms with van der Waals surface area (Å²) in [6, 6.07) is 14.2. The molecular formula is C16H14FN3OS2. The molecule has 0 aliphatic heterocycles. The Hall–Kier alpha value is -2.12. The highest BCUT2D eigenvalue weighted by molar-refractivity contribution is 8.00. The Morgan fingerprint density at radius 1 is 1.17 bits per heavy atom. The van der Waals surface area contributed by atoms with Gasteiger partial charge >= 0.3 is 0 Å². The first-order valence-electron chi connectivity index (χ1n) is 6.85. The van der Waals surface area contributed by atoms with Crippen LogP contribution in [-0.2, 0) is 5.75 Å². The summed E-state index contributed by atoms with van der Waals surface area (Å²) in [5, 5.41) is 12.2. The van der Waals surface area contributed by atoms with Crippen LogP contribution in [0.2, 0.25) is 0 Å². The van der Waals surface area contributed by atoms with Crippen molar-refractivity contribution in [3.05, 3.63) is 59.9 Å². The SMILES string of the molecule is COc1ccc(Nc2nnc(SCc3cccc(F)c3)s2)cc1. The van der Waals surface area contributed by atoms with Crippen molar-refractivity contribution in [2.75, 3.05) is 12.4 Å². The van der Waals surface area contributed by atoms with E-state index < -0.39 is 0 Å². The van der Waals surface area contributed by atoms with Crippen LogP contribution >= 0.6 is 23.1 Å². The van der Waals surface area contributed by atoms with Crippen molar-refractivity contribution in [3.8, 4) is 5.75 Å². The molecular weight excluding hydrogens is 333 g/mol. The van der Waals surface area contributed by atoms with E-state index in [9.17, 15) is 4.39 Å². The van der Waals surface area contributed by atoms with Gasteiger partial charge in [-0.1, -0.05) is 35.2 Å². The first kappa shape index (κ1) is 15.8. The number of hydrogen-bond donors (Lipinski definition) is 1. The van der Waals surface area contributed by atoms with Gasteiger partial charge < -0.3 is 10.1 Å². The predicted octanol–water partition coefficient (Wildman–Crippen LogP) is 4.72. The number of methoxy groups -OCH3 is 1. The van der Waals surface area contributed by atoms with Crippen LogP contribution in [0.25, 0.3) is 0 Å². The molecule has 2 aromatic carbocycles. The highest BCUT2D eigenvalue weighted by Gasteiger charge is 2.06. The summed E-state index contributed by atoms with van der Waals surface area (Å²) in [5.74, 6) is 1.25. The smallest absolute Gasteiger partial charge is 0.210 e. The molecule has 23 heavy (non-hydrogen) atoms. The van der Waals surface area contributed by atoms with E-state index in [0.29, 0.717) is 5.75 Å². The van der Waals surface area contributed by atoms with Crippen molar-refractivity contribution in [1.29, 1.82) is 0 Å². The fraction of sp³-hybridized carbons (Fsp3) is 0.125. The molecule has 4 nitrogen and oxygen atoms in total. The number of nitrogens with one attached hydrogen (secondary N) is 1. The first-order valence-corrected chi connectivity index (χ1v) is 8.65. The second-order valence-electron chi connectivity index (χ2n) is 4.65. The van der Waals surface area contributed by atoms with E-state index in [-0.39, 0.29) is 5.82 Å². The Balaban J connectivity index is 1.59. The summed E-state index contributed by atoms with van der Waals surface area (Å²) in [4.78, 5) is 0. The summed E-state index contributed by atoms with van der Waals surface area (Å²) in [6.07, 6.45) is 0. The molecule has 0 saturated carbocycles. The maximum atomic E-state index is 13.1. The summed E-state index contributed by atoms with van der Waals surface area (Å²) < 4.78 is 19.1. The molecule has 0 aliphatic carbocycles. The van der Waals surface area contributed by atoms with Gasteiger partial charge in [0, 0.05) is 11.4 Å². The number of benzene rings is 2. The molecule has 1 aromatic heterocycles. The second-order valence-corrected chi connectivity index (χ2v) is 6.85. The van der Waals surface area contributed by atoms with Crippen LogP contribution in [0, 0.1) is 5.82 Å². The normalized spacial score (nSPS) is 10.5. The molecule has 0 saturated heterocycles. The van der Waals surface area contributed by atoms with Crippen molar-refractivity contribution in [2.24, 2.45) is 0 Å². The van der Waals surface area contributed by atoms with Crippen molar-refractivity contribution in [1.82, 2.24) is 10.2 Å². The minimum absolute atomic E-state index is 0.220. The number of anilines is 2. The van der Waals surface area contributed by atoms with Crippen molar-refractivity contribution in [2.45, 2.75) is 10.1 Å². The number of rotatable bonds is 6. The van der Waals surface area contributed by atoms with E-state index in [2.05, 4.69) is 15.5 Å². The zero-order valence-electron chi connectivity index (χ0n) is 12.3. The van der Waals surface area contributed by atoms with E-state index in [1.54, 1.807) is 13.2 Å². The van der Waals surface area contributed by atoms with Gasteiger partial charge in [-0.3, -0.25) is 0 Å². The van der Waals surface area contributed by atoms with Crippen LogP contribution in [0.3, 0.4) is 0 Å². The van der Waals surface area contributed by atoms with E-state index in [0.717, 1.165) is 26.5 Å². The highest BCUT2D eigenvalue weighted by Crippen LogP contribution is 2.30. The van der Waals surface area contributed by atoms with Gasteiger partial charge in [0.25, 0.3) is 0 Å². The van der Waals surface area contributed by atoms with E-state index in [4.69, 9.17) is 4.74 Å². The number of nitrogens with zero attached hydrogens (tertiary/aromatic N) is 2. The predicted molar refractivity (Wildman–Crippen MR) is 92.1 cm³/mol. The molecule has 7 heteroatoms. The Morgan fingerprint density at radius 2 is 2.00 bits per heavy atom. The van der Waals surface area contributed by atoms with Gasteiger partial charge in [0.2, 0.25) is 5.13 Å². The molecule has 0 bridgehead atoms. The lowest BCUT2D eigenvalue weighted by Gasteiger charge is -2.03. The molecule has 1 heterocycles. The van der Waals surface area contributed by atoms with Gasteiger partial charge in [0.05, 0.1) is 7.11 Å². The maximum absolute atomic E-state index is 13.1. The molecule has 118 valence electrons. The van der Waals surface area contributed by atoms with Crippen molar-refractivity contribution >= 4 is 33.9 Å². The third-order valence-corrected chi connectivity index (χ3v) is 5.04. The molecule has 1 N–H and O–H groups in total. The molecule has 0 amide bonds. The topological polar surface area (TPSA) is 47.0 Å². The average molecular weight is 347 g/mol. The largest absolute Gasteiger partial charge is 0.497 e. The molecule has 3 rings (SSSR count). The average Bonchev–Trinajstić information content (AvgIpc) is 3.01. The molecule has 0 aliphatic rings. The molecule has 0 fully saturated rings. The van der Waals surface area contributed by atoms with Crippen molar-refractivity contribution in [3.63, 3.8) is 0 Å². The van der Waals surface area contributed by atoms with Gasteiger partial charge in [0.1, 0.15) is 11.6 Å². The molecule has 0 unspecified atom stereocenters. The molecule has 0 radical (unpaired) electrons. The number of halogens is 1. The Morgan fingerprint density at radius 3 is 2.74 bits per heavy atom. The summed E-state index contributed by atoms with van der Waals surface area (Å²) in [5.41, 5.74) is 1.85. The van der Waals surface area contributed by atoms with Crippen LogP contribution in [0.15, 0.2) is 52.9 Å². The fourth-order valence-electron chi connectivity index (χ4n) is 1.89. The lowest BCUT2D eigenvalue weighted by atomic mass is 10.2. The standard InChI is InChI=1S/C16H14FN3OS2/c1-21-14-7-5-13(6-8-14)18-15-19-20-16(23-15)22-10-11-3-2-4-12(17)9-11/h2-9H,10H2,1H3,(H,18,19). The summed E-state index contributed by atoms with van der Waals surface area (Å²) in [7, 11) is 1.63. The zero-order valence-corrected chi connectivity index (χ0v) is 14.0. The van der Waals surface area contributed by atoms with Crippen LogP contribution in [0.4, 0.5) is 15.2 Å². The molecule has 3 aromatic rings. The third-order valence-electron chi connectivity index (χ3n) is 3.00. The van der Waals surface area contributed by atoms with Gasteiger partial charge in [-0.25, -0.2) is 4.39 Å². The quantitative estimate of drug-likeness (QED) is 0.654. The minimum atomic E-state index is -0.220. The molecule has 0 atom stereocenters. The second kappa shape index (κ2) is 7.43. The third kappa shape index (κ3) is 4.43.